The number of hydrogen-bond acceptors (Lipinski definition) is 5. The molecule has 5 heteroatoms. The van der Waals surface area contributed by atoms with E-state index in [0.29, 0.717) is 0 Å². The van der Waals surface area contributed by atoms with Crippen molar-refractivity contribution in [3.8, 4) is 0 Å². The largest absolute Gasteiger partial charge is 0.391 e. The van der Waals surface area contributed by atoms with Crippen LogP contribution in [0.15, 0.2) is 0 Å². The quantitative estimate of drug-likeness (QED) is 0.450. The Morgan fingerprint density at radius 3 is 1.54 bits per heavy atom. The van der Waals surface area contributed by atoms with Crippen LogP contribution in [-0.2, 0) is 14.3 Å². The highest BCUT2D eigenvalue weighted by atomic mass is 16.6. The first kappa shape index (κ1) is 12.1. The van der Waals surface area contributed by atoms with E-state index in [1.807, 2.05) is 0 Å². The second-order valence-electron chi connectivity index (χ2n) is 2.76. The number of ether oxygens (including phenoxy) is 1. The molecule has 0 spiro atoms. The summed E-state index contributed by atoms with van der Waals surface area (Å²) in [6.07, 6.45) is 0. The van der Waals surface area contributed by atoms with Gasteiger partial charge in [0.1, 0.15) is 12.1 Å². The van der Waals surface area contributed by atoms with Crippen LogP contribution in [0.4, 0.5) is 0 Å². The molecule has 0 saturated heterocycles. The highest BCUT2D eigenvalue weighted by Crippen LogP contribution is 1.91. The van der Waals surface area contributed by atoms with Crippen molar-refractivity contribution in [2.24, 2.45) is 0 Å². The summed E-state index contributed by atoms with van der Waals surface area (Å²) in [5, 5.41) is 5.36. The summed E-state index contributed by atoms with van der Waals surface area (Å²) in [4.78, 5) is 22.1. The normalized spacial score (nSPS) is 14.8. The van der Waals surface area contributed by atoms with Crippen molar-refractivity contribution in [3.63, 3.8) is 0 Å². The first-order valence-electron chi connectivity index (χ1n) is 4.13. The maximum atomic E-state index is 11.1. The number of esters is 2. The van der Waals surface area contributed by atoms with E-state index in [9.17, 15) is 9.59 Å². The first-order chi connectivity index (χ1) is 6.02. The van der Waals surface area contributed by atoms with Gasteiger partial charge in [0.15, 0.2) is 0 Å². The van der Waals surface area contributed by atoms with E-state index < -0.39 is 24.0 Å². The third-order valence-corrected chi connectivity index (χ3v) is 1.77. The van der Waals surface area contributed by atoms with Gasteiger partial charge < -0.3 is 15.4 Å². The Labute approximate surface area is 77.8 Å². The van der Waals surface area contributed by atoms with Crippen molar-refractivity contribution in [2.75, 3.05) is 14.1 Å². The van der Waals surface area contributed by atoms with E-state index in [2.05, 4.69) is 15.4 Å². The molecule has 76 valence electrons. The minimum Gasteiger partial charge on any atom is -0.391 e. The molecule has 0 amide bonds. The number of hydrogen-bond donors (Lipinski definition) is 2. The Bertz CT molecular complexity index is 174. The molecule has 0 aliphatic rings. The zero-order chi connectivity index (χ0) is 10.4. The maximum Gasteiger partial charge on any atom is 0.330 e. The third-order valence-electron chi connectivity index (χ3n) is 1.77. The molecule has 13 heavy (non-hydrogen) atoms. The average molecular weight is 188 g/mol. The summed E-state index contributed by atoms with van der Waals surface area (Å²) in [6, 6.07) is -0.930. The molecule has 0 aliphatic heterocycles. The summed E-state index contributed by atoms with van der Waals surface area (Å²) < 4.78 is 4.55. The fourth-order valence-corrected chi connectivity index (χ4v) is 0.512. The number of nitrogens with one attached hydrogen (secondary N) is 2. The van der Waals surface area contributed by atoms with Gasteiger partial charge in [-0.2, -0.15) is 0 Å². The van der Waals surface area contributed by atoms with E-state index in [-0.39, 0.29) is 0 Å². The van der Waals surface area contributed by atoms with Gasteiger partial charge in [0.2, 0.25) is 0 Å². The van der Waals surface area contributed by atoms with Gasteiger partial charge in [-0.25, -0.2) is 9.59 Å². The number of likely N-dealkylation sites (N-methyl/N-ethyl adjacent to an activating group) is 2. The van der Waals surface area contributed by atoms with Gasteiger partial charge in [0, 0.05) is 0 Å². The summed E-state index contributed by atoms with van der Waals surface area (Å²) in [7, 11) is 3.25. The third kappa shape index (κ3) is 4.00. The second-order valence-corrected chi connectivity index (χ2v) is 2.76. The van der Waals surface area contributed by atoms with Crippen molar-refractivity contribution in [3.05, 3.63) is 0 Å². The fourth-order valence-electron chi connectivity index (χ4n) is 0.512. The zero-order valence-corrected chi connectivity index (χ0v) is 8.38. The molecule has 0 aliphatic carbocycles. The van der Waals surface area contributed by atoms with E-state index >= 15 is 0 Å². The van der Waals surface area contributed by atoms with Crippen LogP contribution < -0.4 is 10.6 Å². The van der Waals surface area contributed by atoms with Gasteiger partial charge in [-0.3, -0.25) is 0 Å². The van der Waals surface area contributed by atoms with Gasteiger partial charge in [-0.15, -0.1) is 0 Å². The van der Waals surface area contributed by atoms with Crippen LogP contribution in [0.2, 0.25) is 0 Å². The summed E-state index contributed by atoms with van der Waals surface area (Å²) in [5.74, 6) is -1.12. The van der Waals surface area contributed by atoms with Crippen molar-refractivity contribution in [2.45, 2.75) is 25.9 Å². The van der Waals surface area contributed by atoms with E-state index in [0.717, 1.165) is 0 Å². The van der Waals surface area contributed by atoms with Crippen LogP contribution >= 0.6 is 0 Å². The Morgan fingerprint density at radius 2 is 1.31 bits per heavy atom. The molecule has 0 bridgehead atoms. The molecule has 2 N–H and O–H groups in total. The van der Waals surface area contributed by atoms with Crippen LogP contribution in [0, 0.1) is 0 Å². The lowest BCUT2D eigenvalue weighted by molar-refractivity contribution is -0.161. The van der Waals surface area contributed by atoms with Crippen molar-refractivity contribution >= 4 is 11.9 Å². The van der Waals surface area contributed by atoms with E-state index in [1.54, 1.807) is 27.9 Å². The van der Waals surface area contributed by atoms with Crippen molar-refractivity contribution in [1.82, 2.24) is 10.6 Å². The Morgan fingerprint density at radius 1 is 1.00 bits per heavy atom. The number of rotatable bonds is 4. The molecule has 0 radical (unpaired) electrons. The van der Waals surface area contributed by atoms with Crippen LogP contribution in [0.3, 0.4) is 0 Å². The highest BCUT2D eigenvalue weighted by Gasteiger charge is 2.19. The van der Waals surface area contributed by atoms with Crippen LogP contribution in [0.1, 0.15) is 13.8 Å². The highest BCUT2D eigenvalue weighted by molar-refractivity contribution is 5.90. The molecular weight excluding hydrogens is 172 g/mol. The molecule has 0 aromatic rings. The van der Waals surface area contributed by atoms with E-state index in [4.69, 9.17) is 0 Å². The number of carbonyl (C=O) groups is 2. The lowest BCUT2D eigenvalue weighted by atomic mass is 10.3. The monoisotopic (exact) mass is 188 g/mol. The first-order valence-corrected chi connectivity index (χ1v) is 4.13. The zero-order valence-electron chi connectivity index (χ0n) is 8.38. The molecule has 0 heterocycles. The predicted molar refractivity (Wildman–Crippen MR) is 48.1 cm³/mol. The predicted octanol–water partition coefficient (Wildman–Crippen LogP) is -0.728. The average Bonchev–Trinajstić information content (AvgIpc) is 2.14. The minimum atomic E-state index is -0.561. The van der Waals surface area contributed by atoms with Crippen LogP contribution in [-0.4, -0.2) is 38.1 Å². The Balaban J connectivity index is 3.99. The molecule has 2 unspecified atom stereocenters. The molecule has 0 aromatic heterocycles. The molecule has 0 aromatic carbocycles. The van der Waals surface area contributed by atoms with Gasteiger partial charge in [0.25, 0.3) is 0 Å². The fraction of sp³-hybridized carbons (Fsp3) is 0.750. The van der Waals surface area contributed by atoms with Crippen LogP contribution in [0.5, 0.6) is 0 Å². The van der Waals surface area contributed by atoms with Crippen molar-refractivity contribution in [1.29, 1.82) is 0 Å². The number of carbonyl (C=O) groups excluding carboxylic acids is 2. The maximum absolute atomic E-state index is 11.1. The minimum absolute atomic E-state index is 0.465. The second kappa shape index (κ2) is 5.66. The lowest BCUT2D eigenvalue weighted by Crippen LogP contribution is -2.39. The van der Waals surface area contributed by atoms with Gasteiger partial charge in [0.05, 0.1) is 0 Å². The summed E-state index contributed by atoms with van der Waals surface area (Å²) in [6.45, 7) is 3.25. The summed E-state index contributed by atoms with van der Waals surface area (Å²) >= 11 is 0. The molecule has 0 rings (SSSR count). The summed E-state index contributed by atoms with van der Waals surface area (Å²) in [5.41, 5.74) is 0. The standard InChI is InChI=1S/C8H16N2O3/c1-5(9-3)7(11)13-8(12)6(2)10-4/h5-6,9-10H,1-4H3. The van der Waals surface area contributed by atoms with Gasteiger partial charge >= 0.3 is 11.9 Å². The topological polar surface area (TPSA) is 67.4 Å². The molecule has 0 fully saturated rings. The Hall–Kier alpha value is -0.940. The smallest absolute Gasteiger partial charge is 0.330 e. The lowest BCUT2D eigenvalue weighted by Gasteiger charge is -2.11. The van der Waals surface area contributed by atoms with Gasteiger partial charge in [-0.05, 0) is 27.9 Å². The Kier molecular flexibility index (Phi) is 5.25. The molecule has 2 atom stereocenters. The molecular formula is C8H16N2O3. The van der Waals surface area contributed by atoms with Gasteiger partial charge in [-0.1, -0.05) is 0 Å². The SMILES string of the molecule is CNC(C)C(=O)OC(=O)C(C)NC. The molecule has 5 nitrogen and oxygen atoms in total. The molecule has 0 saturated carbocycles. The van der Waals surface area contributed by atoms with Crippen LogP contribution in [0.25, 0.3) is 0 Å². The van der Waals surface area contributed by atoms with Crippen molar-refractivity contribution < 1.29 is 14.3 Å². The van der Waals surface area contributed by atoms with E-state index in [1.165, 1.54) is 0 Å².